The Morgan fingerprint density at radius 1 is 0.960 bits per heavy atom. The Bertz CT molecular complexity index is 751. The van der Waals surface area contributed by atoms with Crippen LogP contribution in [0.25, 0.3) is 0 Å². The summed E-state index contributed by atoms with van der Waals surface area (Å²) in [7, 11) is 0. The van der Waals surface area contributed by atoms with Gasteiger partial charge in [-0.1, -0.05) is 11.6 Å². The van der Waals surface area contributed by atoms with Gasteiger partial charge in [0.1, 0.15) is 11.9 Å². The number of nitrogens with two attached hydrogens (primary N) is 1. The molecule has 0 radical (unpaired) electrons. The number of carbonyl (C=O) groups is 2. The Morgan fingerprint density at radius 3 is 2.08 bits per heavy atom. The van der Waals surface area contributed by atoms with E-state index >= 15 is 0 Å². The van der Waals surface area contributed by atoms with Crippen molar-refractivity contribution >= 4 is 23.4 Å². The van der Waals surface area contributed by atoms with Crippen LogP contribution in [0.4, 0.5) is 0 Å². The molecule has 130 valence electrons. The number of amides is 2. The lowest BCUT2D eigenvalue weighted by atomic mass is 10.1. The molecule has 25 heavy (non-hydrogen) atoms. The van der Waals surface area contributed by atoms with Gasteiger partial charge < -0.3 is 15.4 Å². The fourth-order valence-electron chi connectivity index (χ4n) is 2.84. The Kier molecular flexibility index (Phi) is 5.24. The minimum absolute atomic E-state index is 0.0408. The second-order valence-electron chi connectivity index (χ2n) is 6.00. The van der Waals surface area contributed by atoms with Gasteiger partial charge in [0.25, 0.3) is 5.91 Å². The van der Waals surface area contributed by atoms with E-state index in [0.29, 0.717) is 29.2 Å². The summed E-state index contributed by atoms with van der Waals surface area (Å²) in [4.78, 5) is 25.4. The first kappa shape index (κ1) is 17.3. The topological polar surface area (TPSA) is 72.6 Å². The number of likely N-dealkylation sites (tertiary alicyclic amines) is 1. The Hall–Kier alpha value is -2.53. The van der Waals surface area contributed by atoms with E-state index in [1.54, 1.807) is 41.3 Å². The highest BCUT2D eigenvalue weighted by atomic mass is 35.5. The largest absolute Gasteiger partial charge is 0.490 e. The van der Waals surface area contributed by atoms with E-state index in [1.807, 2.05) is 12.1 Å². The highest BCUT2D eigenvalue weighted by Crippen LogP contribution is 2.22. The molecule has 0 spiro atoms. The first-order valence-electron chi connectivity index (χ1n) is 8.14. The second-order valence-corrected chi connectivity index (χ2v) is 6.44. The average molecular weight is 359 g/mol. The summed E-state index contributed by atoms with van der Waals surface area (Å²) in [6, 6.07) is 13.7. The molecule has 0 aromatic heterocycles. The second kappa shape index (κ2) is 7.57. The van der Waals surface area contributed by atoms with Gasteiger partial charge in [0.2, 0.25) is 5.91 Å². The number of carbonyl (C=O) groups excluding carboxylic acids is 2. The highest BCUT2D eigenvalue weighted by Gasteiger charge is 2.24. The van der Waals surface area contributed by atoms with Gasteiger partial charge in [-0.05, 0) is 48.5 Å². The van der Waals surface area contributed by atoms with Crippen LogP contribution in [0.15, 0.2) is 48.5 Å². The Balaban J connectivity index is 1.55. The van der Waals surface area contributed by atoms with Crippen molar-refractivity contribution in [2.24, 2.45) is 5.73 Å². The van der Waals surface area contributed by atoms with Crippen LogP contribution in [-0.4, -0.2) is 35.9 Å². The molecule has 2 amide bonds. The van der Waals surface area contributed by atoms with E-state index in [-0.39, 0.29) is 12.0 Å². The van der Waals surface area contributed by atoms with Crippen molar-refractivity contribution in [2.75, 3.05) is 13.1 Å². The zero-order chi connectivity index (χ0) is 17.8. The van der Waals surface area contributed by atoms with Crippen molar-refractivity contribution in [1.29, 1.82) is 0 Å². The van der Waals surface area contributed by atoms with Gasteiger partial charge >= 0.3 is 0 Å². The van der Waals surface area contributed by atoms with E-state index in [4.69, 9.17) is 22.1 Å². The number of nitrogens with zero attached hydrogens (tertiary/aromatic N) is 1. The van der Waals surface area contributed by atoms with Gasteiger partial charge in [-0.15, -0.1) is 0 Å². The highest BCUT2D eigenvalue weighted by molar-refractivity contribution is 6.30. The third-order valence-corrected chi connectivity index (χ3v) is 4.51. The molecular formula is C19H19ClN2O3. The SMILES string of the molecule is NC(=O)c1ccc(C(=O)N2CCC(Oc3ccc(Cl)cc3)CC2)cc1. The molecule has 2 aromatic carbocycles. The molecule has 0 aliphatic carbocycles. The molecular weight excluding hydrogens is 340 g/mol. The van der Waals surface area contributed by atoms with E-state index in [1.165, 1.54) is 0 Å². The molecule has 2 N–H and O–H groups in total. The van der Waals surface area contributed by atoms with Crippen LogP contribution in [0.5, 0.6) is 5.75 Å². The minimum Gasteiger partial charge on any atom is -0.490 e. The molecule has 1 aliphatic heterocycles. The number of halogens is 1. The molecule has 3 rings (SSSR count). The third-order valence-electron chi connectivity index (χ3n) is 4.26. The lowest BCUT2D eigenvalue weighted by Gasteiger charge is -2.32. The third kappa shape index (κ3) is 4.31. The van der Waals surface area contributed by atoms with Gasteiger partial charge in [-0.2, -0.15) is 0 Å². The van der Waals surface area contributed by atoms with Crippen LogP contribution in [-0.2, 0) is 0 Å². The van der Waals surface area contributed by atoms with Crippen LogP contribution >= 0.6 is 11.6 Å². The first-order valence-corrected chi connectivity index (χ1v) is 8.52. The maximum Gasteiger partial charge on any atom is 0.253 e. The number of hydrogen-bond acceptors (Lipinski definition) is 3. The van der Waals surface area contributed by atoms with E-state index in [9.17, 15) is 9.59 Å². The summed E-state index contributed by atoms with van der Waals surface area (Å²) in [5, 5.41) is 0.676. The summed E-state index contributed by atoms with van der Waals surface area (Å²) in [6.45, 7) is 1.27. The number of rotatable bonds is 4. The zero-order valence-corrected chi connectivity index (χ0v) is 14.4. The minimum atomic E-state index is -0.501. The predicted molar refractivity (Wildman–Crippen MR) is 96.0 cm³/mol. The summed E-state index contributed by atoms with van der Waals surface area (Å²) >= 11 is 5.87. The monoisotopic (exact) mass is 358 g/mol. The molecule has 6 heteroatoms. The molecule has 1 fully saturated rings. The maximum atomic E-state index is 12.5. The number of benzene rings is 2. The quantitative estimate of drug-likeness (QED) is 0.912. The van der Waals surface area contributed by atoms with Crippen LogP contribution in [0.2, 0.25) is 5.02 Å². The fraction of sp³-hybridized carbons (Fsp3) is 0.263. The molecule has 0 saturated carbocycles. The molecule has 5 nitrogen and oxygen atoms in total. The molecule has 0 unspecified atom stereocenters. The maximum absolute atomic E-state index is 12.5. The lowest BCUT2D eigenvalue weighted by Crippen LogP contribution is -2.41. The lowest BCUT2D eigenvalue weighted by molar-refractivity contribution is 0.0595. The molecule has 1 aliphatic rings. The number of hydrogen-bond donors (Lipinski definition) is 1. The van der Waals surface area contributed by atoms with Crippen molar-refractivity contribution in [1.82, 2.24) is 4.90 Å². The van der Waals surface area contributed by atoms with Crippen molar-refractivity contribution in [3.05, 3.63) is 64.7 Å². The molecule has 0 atom stereocenters. The molecule has 2 aromatic rings. The standard InChI is InChI=1S/C19H19ClN2O3/c20-15-5-7-16(8-6-15)25-17-9-11-22(12-10-17)19(24)14-3-1-13(2-4-14)18(21)23/h1-8,17H,9-12H2,(H2,21,23). The van der Waals surface area contributed by atoms with Gasteiger partial charge in [0.05, 0.1) is 0 Å². The molecule has 1 saturated heterocycles. The summed E-state index contributed by atoms with van der Waals surface area (Å²) in [5.41, 5.74) is 6.17. The van der Waals surface area contributed by atoms with Gasteiger partial charge in [-0.25, -0.2) is 0 Å². The van der Waals surface area contributed by atoms with Gasteiger partial charge in [0, 0.05) is 42.1 Å². The van der Waals surface area contributed by atoms with Crippen molar-refractivity contribution in [3.8, 4) is 5.75 Å². The normalized spacial score (nSPS) is 15.0. The molecule has 0 bridgehead atoms. The summed E-state index contributed by atoms with van der Waals surface area (Å²) in [5.74, 6) is 0.247. The smallest absolute Gasteiger partial charge is 0.253 e. The van der Waals surface area contributed by atoms with Gasteiger partial charge in [0.15, 0.2) is 0 Å². The number of ether oxygens (including phenoxy) is 1. The van der Waals surface area contributed by atoms with Crippen LogP contribution in [0.3, 0.4) is 0 Å². The van der Waals surface area contributed by atoms with Crippen LogP contribution in [0.1, 0.15) is 33.6 Å². The fourth-order valence-corrected chi connectivity index (χ4v) is 2.97. The van der Waals surface area contributed by atoms with Crippen molar-refractivity contribution < 1.29 is 14.3 Å². The molecule has 1 heterocycles. The number of piperidine rings is 1. The first-order chi connectivity index (χ1) is 12.0. The van der Waals surface area contributed by atoms with E-state index in [0.717, 1.165) is 18.6 Å². The average Bonchev–Trinajstić information content (AvgIpc) is 2.64. The van der Waals surface area contributed by atoms with Crippen molar-refractivity contribution in [3.63, 3.8) is 0 Å². The summed E-state index contributed by atoms with van der Waals surface area (Å²) in [6.07, 6.45) is 1.63. The zero-order valence-electron chi connectivity index (χ0n) is 13.7. The van der Waals surface area contributed by atoms with E-state index < -0.39 is 5.91 Å². The van der Waals surface area contributed by atoms with Gasteiger partial charge in [-0.3, -0.25) is 9.59 Å². The Morgan fingerprint density at radius 2 is 1.52 bits per heavy atom. The predicted octanol–water partition coefficient (Wildman–Crippen LogP) is 3.12. The number of primary amides is 1. The van der Waals surface area contributed by atoms with Crippen LogP contribution < -0.4 is 10.5 Å². The van der Waals surface area contributed by atoms with Crippen LogP contribution in [0, 0.1) is 0 Å². The van der Waals surface area contributed by atoms with E-state index in [2.05, 4.69) is 0 Å². The summed E-state index contributed by atoms with van der Waals surface area (Å²) < 4.78 is 5.94. The van der Waals surface area contributed by atoms with Crippen molar-refractivity contribution in [2.45, 2.75) is 18.9 Å². The Labute approximate surface area is 151 Å².